The molecule has 1 aliphatic carbocycles. The number of nitrogens with one attached hydrogen (secondary N) is 2. The summed E-state index contributed by atoms with van der Waals surface area (Å²) < 4.78 is 6.93. The van der Waals surface area contributed by atoms with Gasteiger partial charge in [-0.15, -0.1) is 0 Å². The highest BCUT2D eigenvalue weighted by molar-refractivity contribution is 5.98. The number of aryl methyl sites for hydroxylation is 4. The highest BCUT2D eigenvalue weighted by Gasteiger charge is 2.18. The first-order valence-corrected chi connectivity index (χ1v) is 9.54. The Hall–Kier alpha value is -3.09. The predicted octanol–water partition coefficient (Wildman–Crippen LogP) is 3.19. The number of carbonyl (C=O) groups is 2. The van der Waals surface area contributed by atoms with E-state index in [1.54, 1.807) is 10.7 Å². The first-order chi connectivity index (χ1) is 13.4. The van der Waals surface area contributed by atoms with E-state index in [0.717, 1.165) is 35.1 Å². The summed E-state index contributed by atoms with van der Waals surface area (Å²) >= 11 is 0. The average molecular weight is 380 g/mol. The van der Waals surface area contributed by atoms with Crippen LogP contribution in [0.25, 0.3) is 10.9 Å². The molecule has 0 unspecified atom stereocenters. The highest BCUT2D eigenvalue weighted by atomic mass is 16.5. The summed E-state index contributed by atoms with van der Waals surface area (Å²) in [6.07, 6.45) is 4.44. The van der Waals surface area contributed by atoms with Crippen LogP contribution in [0.2, 0.25) is 0 Å². The summed E-state index contributed by atoms with van der Waals surface area (Å²) in [6, 6.07) is 5.51. The number of amides is 1. The fraction of sp³-hybridized carbons (Fsp3) is 0.381. The Bertz CT molecular complexity index is 1080. The van der Waals surface area contributed by atoms with Crippen LogP contribution in [0, 0.1) is 13.8 Å². The minimum atomic E-state index is -0.498. The summed E-state index contributed by atoms with van der Waals surface area (Å²) in [4.78, 5) is 28.1. The molecule has 0 aliphatic heterocycles. The van der Waals surface area contributed by atoms with E-state index < -0.39 is 5.97 Å². The molecule has 0 saturated carbocycles. The fourth-order valence-corrected chi connectivity index (χ4v) is 3.88. The molecule has 1 amide bonds. The number of fused-ring (bicyclic) bond motifs is 3. The Kier molecular flexibility index (Phi) is 4.66. The van der Waals surface area contributed by atoms with Crippen LogP contribution in [0.15, 0.2) is 18.2 Å². The lowest BCUT2D eigenvalue weighted by Crippen LogP contribution is -2.21. The van der Waals surface area contributed by atoms with Crippen LogP contribution in [0.5, 0.6) is 0 Å². The molecule has 7 nitrogen and oxygen atoms in total. The molecule has 0 spiro atoms. The molecule has 2 N–H and O–H groups in total. The second kappa shape index (κ2) is 7.14. The molecule has 146 valence electrons. The van der Waals surface area contributed by atoms with E-state index in [4.69, 9.17) is 4.74 Å². The molecular weight excluding hydrogens is 356 g/mol. The van der Waals surface area contributed by atoms with Crippen LogP contribution in [0.3, 0.4) is 0 Å². The van der Waals surface area contributed by atoms with E-state index in [9.17, 15) is 9.59 Å². The van der Waals surface area contributed by atoms with E-state index in [0.29, 0.717) is 11.3 Å². The molecule has 0 atom stereocenters. The molecule has 1 aromatic carbocycles. The lowest BCUT2D eigenvalue weighted by Gasteiger charge is -2.10. The van der Waals surface area contributed by atoms with Gasteiger partial charge in [0.1, 0.15) is 0 Å². The second-order valence-corrected chi connectivity index (χ2v) is 7.34. The third-order valence-corrected chi connectivity index (χ3v) is 5.44. The standard InChI is InChI=1S/C21H24N4O3/c1-12-20(13(2)25(3)24-12)23-19(26)11-28-21(27)14-8-9-18-16(10-14)15-6-4-5-7-17(15)22-18/h8-10,22H,4-7,11H2,1-3H3,(H,23,26). The van der Waals surface area contributed by atoms with E-state index >= 15 is 0 Å². The lowest BCUT2D eigenvalue weighted by molar-refractivity contribution is -0.119. The van der Waals surface area contributed by atoms with E-state index in [1.165, 1.54) is 24.1 Å². The van der Waals surface area contributed by atoms with E-state index in [1.807, 2.05) is 33.0 Å². The van der Waals surface area contributed by atoms with Crippen LogP contribution < -0.4 is 5.32 Å². The van der Waals surface area contributed by atoms with Crippen molar-refractivity contribution >= 4 is 28.5 Å². The van der Waals surface area contributed by atoms with Crippen LogP contribution in [-0.2, 0) is 29.4 Å². The Morgan fingerprint density at radius 3 is 2.79 bits per heavy atom. The Morgan fingerprint density at radius 1 is 1.25 bits per heavy atom. The minimum absolute atomic E-state index is 0.337. The number of hydrogen-bond donors (Lipinski definition) is 2. The number of ether oxygens (including phenoxy) is 1. The molecular formula is C21H24N4O3. The van der Waals surface area contributed by atoms with Gasteiger partial charge in [-0.25, -0.2) is 4.79 Å². The van der Waals surface area contributed by atoms with E-state index in [2.05, 4.69) is 15.4 Å². The van der Waals surface area contributed by atoms with Crippen molar-refractivity contribution in [1.82, 2.24) is 14.8 Å². The van der Waals surface area contributed by atoms with E-state index in [-0.39, 0.29) is 12.5 Å². The van der Waals surface area contributed by atoms with Gasteiger partial charge in [0.2, 0.25) is 0 Å². The smallest absolute Gasteiger partial charge is 0.338 e. The number of benzene rings is 1. The molecule has 2 heterocycles. The maximum absolute atomic E-state index is 12.4. The molecule has 0 radical (unpaired) electrons. The molecule has 0 fully saturated rings. The van der Waals surface area contributed by atoms with Gasteiger partial charge in [0.05, 0.1) is 22.6 Å². The molecule has 0 bridgehead atoms. The van der Waals surface area contributed by atoms with Gasteiger partial charge in [-0.1, -0.05) is 0 Å². The highest BCUT2D eigenvalue weighted by Crippen LogP contribution is 2.29. The summed E-state index contributed by atoms with van der Waals surface area (Å²) in [5, 5.41) is 8.10. The molecule has 3 aromatic rings. The lowest BCUT2D eigenvalue weighted by atomic mass is 9.95. The van der Waals surface area contributed by atoms with Gasteiger partial charge in [0.25, 0.3) is 5.91 Å². The largest absolute Gasteiger partial charge is 0.452 e. The quantitative estimate of drug-likeness (QED) is 0.680. The zero-order valence-corrected chi connectivity index (χ0v) is 16.4. The number of nitrogens with zero attached hydrogens (tertiary/aromatic N) is 2. The molecule has 1 aliphatic rings. The Labute approximate surface area is 163 Å². The zero-order valence-electron chi connectivity index (χ0n) is 16.4. The number of esters is 1. The van der Waals surface area contributed by atoms with Gasteiger partial charge in [0, 0.05) is 23.6 Å². The van der Waals surface area contributed by atoms with Gasteiger partial charge >= 0.3 is 5.97 Å². The first kappa shape index (κ1) is 18.3. The number of aromatic nitrogens is 3. The van der Waals surface area contributed by atoms with Crippen LogP contribution >= 0.6 is 0 Å². The maximum Gasteiger partial charge on any atom is 0.338 e. The van der Waals surface area contributed by atoms with Crippen LogP contribution in [-0.4, -0.2) is 33.2 Å². The summed E-state index contributed by atoms with van der Waals surface area (Å²) in [7, 11) is 1.81. The average Bonchev–Trinajstić information content (AvgIpc) is 3.17. The van der Waals surface area contributed by atoms with Crippen molar-refractivity contribution in [3.8, 4) is 0 Å². The van der Waals surface area contributed by atoms with Crippen molar-refractivity contribution in [3.05, 3.63) is 46.4 Å². The second-order valence-electron chi connectivity index (χ2n) is 7.34. The minimum Gasteiger partial charge on any atom is -0.452 e. The van der Waals surface area contributed by atoms with Crippen LogP contribution in [0.4, 0.5) is 5.69 Å². The van der Waals surface area contributed by atoms with Gasteiger partial charge in [-0.2, -0.15) is 5.10 Å². The van der Waals surface area contributed by atoms with Crippen LogP contribution in [0.1, 0.15) is 45.8 Å². The molecule has 7 heteroatoms. The number of anilines is 1. The maximum atomic E-state index is 12.4. The van der Waals surface area contributed by atoms with Crippen molar-refractivity contribution < 1.29 is 14.3 Å². The van der Waals surface area contributed by atoms with Gasteiger partial charge in [-0.05, 0) is 63.3 Å². The van der Waals surface area contributed by atoms with Gasteiger partial charge in [0.15, 0.2) is 6.61 Å². The van der Waals surface area contributed by atoms with Gasteiger partial charge in [-0.3, -0.25) is 9.48 Å². The Balaban J connectivity index is 1.44. The third-order valence-electron chi connectivity index (χ3n) is 5.44. The van der Waals surface area contributed by atoms with Crippen molar-refractivity contribution in [2.75, 3.05) is 11.9 Å². The number of aromatic amines is 1. The summed E-state index contributed by atoms with van der Waals surface area (Å²) in [6.45, 7) is 3.35. The van der Waals surface area contributed by atoms with Crippen molar-refractivity contribution in [2.24, 2.45) is 7.05 Å². The van der Waals surface area contributed by atoms with Crippen molar-refractivity contribution in [3.63, 3.8) is 0 Å². The first-order valence-electron chi connectivity index (χ1n) is 9.54. The molecule has 0 saturated heterocycles. The predicted molar refractivity (Wildman–Crippen MR) is 107 cm³/mol. The fourth-order valence-electron chi connectivity index (χ4n) is 3.88. The summed E-state index contributed by atoms with van der Waals surface area (Å²) in [5.74, 6) is -0.880. The van der Waals surface area contributed by atoms with Crippen molar-refractivity contribution in [1.29, 1.82) is 0 Å². The normalized spacial score (nSPS) is 13.4. The molecule has 28 heavy (non-hydrogen) atoms. The summed E-state index contributed by atoms with van der Waals surface area (Å²) in [5.41, 5.74) is 6.31. The Morgan fingerprint density at radius 2 is 2.04 bits per heavy atom. The zero-order chi connectivity index (χ0) is 19.8. The SMILES string of the molecule is Cc1nn(C)c(C)c1NC(=O)COC(=O)c1ccc2[nH]c3c(c2c1)CCCC3. The monoisotopic (exact) mass is 380 g/mol. The molecule has 2 aromatic heterocycles. The topological polar surface area (TPSA) is 89.0 Å². The number of hydrogen-bond acceptors (Lipinski definition) is 4. The third kappa shape index (κ3) is 3.28. The number of carbonyl (C=O) groups excluding carboxylic acids is 2. The van der Waals surface area contributed by atoms with Crippen molar-refractivity contribution in [2.45, 2.75) is 39.5 Å². The number of H-pyrrole nitrogens is 1. The number of rotatable bonds is 4. The molecule has 4 rings (SSSR count). The van der Waals surface area contributed by atoms with Gasteiger partial charge < -0.3 is 15.0 Å².